The second-order valence-electron chi connectivity index (χ2n) is 7.37. The zero-order valence-corrected chi connectivity index (χ0v) is 16.3. The molecule has 0 fully saturated rings. The van der Waals surface area contributed by atoms with Crippen LogP contribution in [0.4, 0.5) is 9.18 Å². The van der Waals surface area contributed by atoms with Crippen LogP contribution in [0.25, 0.3) is 0 Å². The van der Waals surface area contributed by atoms with E-state index in [4.69, 9.17) is 4.74 Å². The van der Waals surface area contributed by atoms with Gasteiger partial charge in [-0.05, 0) is 52.3 Å². The molecular formula is C19H27FN2O5. The van der Waals surface area contributed by atoms with Gasteiger partial charge < -0.3 is 20.1 Å². The molecule has 2 N–H and O–H groups in total. The minimum Gasteiger partial charge on any atom is -0.481 e. The van der Waals surface area contributed by atoms with Crippen molar-refractivity contribution in [2.45, 2.75) is 52.8 Å². The number of carbonyl (C=O) groups excluding carboxylic acids is 2. The predicted molar refractivity (Wildman–Crippen MR) is 97.4 cm³/mol. The first-order chi connectivity index (χ1) is 12.4. The first kappa shape index (κ1) is 22.4. The van der Waals surface area contributed by atoms with Crippen LogP contribution in [0.2, 0.25) is 0 Å². The topological polar surface area (TPSA) is 95.9 Å². The number of nitrogens with zero attached hydrogens (tertiary/aromatic N) is 1. The second kappa shape index (κ2) is 9.34. The summed E-state index contributed by atoms with van der Waals surface area (Å²) >= 11 is 0. The number of carbonyl (C=O) groups is 3. The summed E-state index contributed by atoms with van der Waals surface area (Å²) < 4.78 is 18.5. The Morgan fingerprint density at radius 1 is 1.26 bits per heavy atom. The normalized spacial score (nSPS) is 13.4. The lowest BCUT2D eigenvalue weighted by Crippen LogP contribution is -2.48. The molecule has 0 radical (unpaired) electrons. The van der Waals surface area contributed by atoms with Crippen LogP contribution in [0.1, 0.15) is 40.2 Å². The van der Waals surface area contributed by atoms with Gasteiger partial charge in [0.25, 0.3) is 0 Å². The molecule has 0 aliphatic carbocycles. The highest BCUT2D eigenvalue weighted by atomic mass is 19.1. The summed E-state index contributed by atoms with van der Waals surface area (Å²) in [5, 5.41) is 11.6. The molecule has 0 saturated heterocycles. The molecule has 7 nitrogen and oxygen atoms in total. The van der Waals surface area contributed by atoms with Gasteiger partial charge in [-0.2, -0.15) is 0 Å². The first-order valence-electron chi connectivity index (χ1n) is 8.64. The molecule has 0 saturated carbocycles. The van der Waals surface area contributed by atoms with Crippen molar-refractivity contribution in [3.63, 3.8) is 0 Å². The number of amides is 2. The third-order valence-corrected chi connectivity index (χ3v) is 3.95. The Morgan fingerprint density at radius 3 is 2.41 bits per heavy atom. The molecule has 1 rings (SSSR count). The molecule has 0 aromatic heterocycles. The number of ether oxygens (including phenoxy) is 1. The quantitative estimate of drug-likeness (QED) is 0.756. The zero-order chi connectivity index (χ0) is 20.8. The molecule has 0 aliphatic rings. The molecule has 1 aromatic rings. The highest BCUT2D eigenvalue weighted by molar-refractivity contribution is 5.83. The van der Waals surface area contributed by atoms with Crippen LogP contribution in [-0.4, -0.2) is 46.2 Å². The van der Waals surface area contributed by atoms with Crippen molar-refractivity contribution in [2.24, 2.45) is 5.92 Å². The van der Waals surface area contributed by atoms with E-state index in [-0.39, 0.29) is 13.1 Å². The number of carboxylic acid groups (broad SMARTS) is 1. The summed E-state index contributed by atoms with van der Waals surface area (Å²) in [4.78, 5) is 37.0. The van der Waals surface area contributed by atoms with E-state index in [1.165, 1.54) is 30.0 Å². The Hall–Kier alpha value is -2.64. The molecule has 0 spiro atoms. The molecule has 2 unspecified atom stereocenters. The van der Waals surface area contributed by atoms with Crippen molar-refractivity contribution in [3.05, 3.63) is 35.6 Å². The van der Waals surface area contributed by atoms with Crippen molar-refractivity contribution in [3.8, 4) is 0 Å². The van der Waals surface area contributed by atoms with Crippen LogP contribution in [0.3, 0.4) is 0 Å². The number of rotatable bonds is 7. The zero-order valence-electron chi connectivity index (χ0n) is 16.3. The minimum atomic E-state index is -1.06. The molecule has 0 aliphatic heterocycles. The Bertz CT molecular complexity index is 687. The molecule has 0 heterocycles. The standard InChI is InChI=1S/C19H27FN2O5/c1-12(17(24)25)13(2)22(11-14-7-6-8-15(20)9-14)16(23)10-21-18(26)27-19(3,4)5/h6-9,12-13H,10-11H2,1-5H3,(H,21,26)(H,24,25). The van der Waals surface area contributed by atoms with Gasteiger partial charge in [0.2, 0.25) is 5.91 Å². The Balaban J connectivity index is 2.90. The van der Waals surface area contributed by atoms with E-state index in [9.17, 15) is 23.9 Å². The number of benzene rings is 1. The van der Waals surface area contributed by atoms with Crippen LogP contribution in [0.5, 0.6) is 0 Å². The van der Waals surface area contributed by atoms with Crippen LogP contribution in [0.15, 0.2) is 24.3 Å². The van der Waals surface area contributed by atoms with E-state index >= 15 is 0 Å². The number of nitrogens with one attached hydrogen (secondary N) is 1. The van der Waals surface area contributed by atoms with Gasteiger partial charge in [-0.25, -0.2) is 9.18 Å². The summed E-state index contributed by atoms with van der Waals surface area (Å²) in [6, 6.07) is 5.04. The number of aliphatic carboxylic acids is 1. The van der Waals surface area contributed by atoms with Crippen molar-refractivity contribution in [2.75, 3.05) is 6.54 Å². The van der Waals surface area contributed by atoms with Gasteiger partial charge >= 0.3 is 12.1 Å². The smallest absolute Gasteiger partial charge is 0.408 e. The largest absolute Gasteiger partial charge is 0.481 e. The summed E-state index contributed by atoms with van der Waals surface area (Å²) in [6.07, 6.45) is -0.750. The van der Waals surface area contributed by atoms with Crippen molar-refractivity contribution in [1.29, 1.82) is 0 Å². The van der Waals surface area contributed by atoms with Gasteiger partial charge in [0.1, 0.15) is 18.0 Å². The molecule has 2 amide bonds. The lowest BCUT2D eigenvalue weighted by Gasteiger charge is -2.32. The van der Waals surface area contributed by atoms with E-state index in [1.54, 1.807) is 33.8 Å². The van der Waals surface area contributed by atoms with E-state index in [0.29, 0.717) is 5.56 Å². The fourth-order valence-corrected chi connectivity index (χ4v) is 2.33. The average Bonchev–Trinajstić information content (AvgIpc) is 2.54. The first-order valence-corrected chi connectivity index (χ1v) is 8.64. The molecule has 8 heteroatoms. The van der Waals surface area contributed by atoms with Gasteiger partial charge in [0, 0.05) is 12.6 Å². The molecule has 150 valence electrons. The number of alkyl carbamates (subject to hydrolysis) is 1. The highest BCUT2D eigenvalue weighted by Crippen LogP contribution is 2.16. The molecule has 0 bridgehead atoms. The average molecular weight is 382 g/mol. The molecule has 2 atom stereocenters. The van der Waals surface area contributed by atoms with Crippen LogP contribution in [0, 0.1) is 11.7 Å². The molecule has 27 heavy (non-hydrogen) atoms. The fourth-order valence-electron chi connectivity index (χ4n) is 2.33. The van der Waals surface area contributed by atoms with Gasteiger partial charge in [-0.1, -0.05) is 12.1 Å². The van der Waals surface area contributed by atoms with Crippen molar-refractivity contribution in [1.82, 2.24) is 10.2 Å². The number of hydrogen-bond donors (Lipinski definition) is 2. The van der Waals surface area contributed by atoms with E-state index in [0.717, 1.165) is 0 Å². The third-order valence-electron chi connectivity index (χ3n) is 3.95. The Morgan fingerprint density at radius 2 is 1.89 bits per heavy atom. The summed E-state index contributed by atoms with van der Waals surface area (Å²) in [5.41, 5.74) is -0.190. The lowest BCUT2D eigenvalue weighted by atomic mass is 10.0. The van der Waals surface area contributed by atoms with Crippen LogP contribution in [-0.2, 0) is 20.9 Å². The Kier molecular flexibility index (Phi) is 7.75. The van der Waals surface area contributed by atoms with Gasteiger partial charge in [0.15, 0.2) is 0 Å². The number of hydrogen-bond acceptors (Lipinski definition) is 4. The highest BCUT2D eigenvalue weighted by Gasteiger charge is 2.29. The third kappa shape index (κ3) is 7.64. The number of halogens is 1. The maximum Gasteiger partial charge on any atom is 0.408 e. The molecule has 1 aromatic carbocycles. The van der Waals surface area contributed by atoms with Crippen molar-refractivity contribution >= 4 is 18.0 Å². The summed E-state index contributed by atoms with van der Waals surface area (Å²) in [6.45, 7) is 7.83. The van der Waals surface area contributed by atoms with Crippen molar-refractivity contribution < 1.29 is 28.6 Å². The van der Waals surface area contributed by atoms with Crippen LogP contribution < -0.4 is 5.32 Å². The summed E-state index contributed by atoms with van der Waals surface area (Å²) in [5.74, 6) is -2.85. The van der Waals surface area contributed by atoms with E-state index in [2.05, 4.69) is 5.32 Å². The second-order valence-corrected chi connectivity index (χ2v) is 7.37. The predicted octanol–water partition coefficient (Wildman–Crippen LogP) is 2.79. The maximum atomic E-state index is 13.4. The number of carboxylic acids is 1. The summed E-state index contributed by atoms with van der Waals surface area (Å²) in [7, 11) is 0. The Labute approximate surface area is 158 Å². The monoisotopic (exact) mass is 382 g/mol. The minimum absolute atomic E-state index is 0.0192. The fraction of sp³-hybridized carbons (Fsp3) is 0.526. The van der Waals surface area contributed by atoms with Gasteiger partial charge in [0.05, 0.1) is 5.92 Å². The van der Waals surface area contributed by atoms with Gasteiger partial charge in [-0.15, -0.1) is 0 Å². The molecular weight excluding hydrogens is 355 g/mol. The maximum absolute atomic E-state index is 13.4. The SMILES string of the molecule is CC(C(=O)O)C(C)N(Cc1cccc(F)c1)C(=O)CNC(=O)OC(C)(C)C. The lowest BCUT2D eigenvalue weighted by molar-refractivity contribution is -0.145. The van der Waals surface area contributed by atoms with E-state index in [1.807, 2.05) is 0 Å². The van der Waals surface area contributed by atoms with E-state index < -0.39 is 41.3 Å². The van der Waals surface area contributed by atoms with Gasteiger partial charge in [-0.3, -0.25) is 9.59 Å². The van der Waals surface area contributed by atoms with Crippen LogP contribution >= 0.6 is 0 Å².